The number of aromatic carboxylic acids is 1. The predicted octanol–water partition coefficient (Wildman–Crippen LogP) is 1.18. The number of hydrogen-bond donors (Lipinski definition) is 2. The molecule has 0 bridgehead atoms. The molecular formula is C14H15N5O4S. The van der Waals surface area contributed by atoms with Crippen LogP contribution in [-0.2, 0) is 10.2 Å². The second-order valence-electron chi connectivity index (χ2n) is 5.37. The van der Waals surface area contributed by atoms with Crippen molar-refractivity contribution in [3.63, 3.8) is 0 Å². The van der Waals surface area contributed by atoms with Crippen molar-refractivity contribution in [2.45, 2.75) is 13.8 Å². The molecule has 0 unspecified atom stereocenters. The number of guanidine groups is 1. The highest BCUT2D eigenvalue weighted by Crippen LogP contribution is 2.25. The molecule has 9 nitrogen and oxygen atoms in total. The van der Waals surface area contributed by atoms with Crippen LogP contribution in [0.4, 0.5) is 5.69 Å². The van der Waals surface area contributed by atoms with Gasteiger partial charge in [0.05, 0.1) is 11.3 Å². The Labute approximate surface area is 138 Å². The molecule has 0 aromatic heterocycles. The van der Waals surface area contributed by atoms with Crippen LogP contribution in [0, 0.1) is 6.92 Å². The van der Waals surface area contributed by atoms with Gasteiger partial charge in [-0.05, 0) is 31.1 Å². The molecule has 24 heavy (non-hydrogen) atoms. The Morgan fingerprint density at radius 2 is 2.08 bits per heavy atom. The molecular weight excluding hydrogens is 334 g/mol. The van der Waals surface area contributed by atoms with Crippen LogP contribution < -0.4 is 4.72 Å². The van der Waals surface area contributed by atoms with Crippen molar-refractivity contribution in [2.24, 2.45) is 10.1 Å². The number of para-hydroxylation sites is 1. The van der Waals surface area contributed by atoms with E-state index in [0.29, 0.717) is 5.56 Å². The number of aliphatic imine (C=N–C) groups is 1. The number of aryl methyl sites for hydroxylation is 1. The van der Waals surface area contributed by atoms with Crippen molar-refractivity contribution in [1.82, 2.24) is 9.31 Å². The minimum atomic E-state index is -4.08. The maximum Gasteiger partial charge on any atom is 0.340 e. The summed E-state index contributed by atoms with van der Waals surface area (Å²) >= 11 is 0. The third-order valence-corrected chi connectivity index (χ3v) is 4.70. The van der Waals surface area contributed by atoms with Crippen molar-refractivity contribution < 1.29 is 18.3 Å². The molecule has 0 spiro atoms. The highest BCUT2D eigenvalue weighted by atomic mass is 32.2. The monoisotopic (exact) mass is 349 g/mol. The first-order valence-corrected chi connectivity index (χ1v) is 8.43. The Morgan fingerprint density at radius 1 is 1.33 bits per heavy atom. The number of anilines is 1. The summed E-state index contributed by atoms with van der Waals surface area (Å²) < 4.78 is 28.3. The number of carbonyl (C=O) groups is 1. The van der Waals surface area contributed by atoms with Gasteiger partial charge >= 0.3 is 16.2 Å². The lowest BCUT2D eigenvalue weighted by Gasteiger charge is -2.20. The van der Waals surface area contributed by atoms with Crippen LogP contribution in [0.5, 0.6) is 0 Å². The molecule has 2 N–H and O–H groups in total. The quantitative estimate of drug-likeness (QED) is 0.847. The highest BCUT2D eigenvalue weighted by Gasteiger charge is 2.32. The summed E-state index contributed by atoms with van der Waals surface area (Å²) in [4.78, 5) is 17.0. The molecule has 10 heteroatoms. The Bertz CT molecular complexity index is 904. The number of nitrogens with one attached hydrogen (secondary N) is 1. The molecule has 2 aliphatic heterocycles. The molecule has 0 saturated carbocycles. The summed E-state index contributed by atoms with van der Waals surface area (Å²) in [6, 6.07) is 4.51. The number of nitrogens with zero attached hydrogens (tertiary/aromatic N) is 4. The molecule has 0 amide bonds. The number of allylic oxidation sites excluding steroid dienone is 1. The molecule has 1 aromatic rings. The first-order valence-electron chi connectivity index (χ1n) is 6.99. The molecule has 126 valence electrons. The fraction of sp³-hybridized carbons (Fsp3) is 0.214. The van der Waals surface area contributed by atoms with Gasteiger partial charge < -0.3 is 5.11 Å². The Morgan fingerprint density at radius 3 is 2.79 bits per heavy atom. The molecule has 1 aromatic carbocycles. The lowest BCUT2D eigenvalue weighted by atomic mass is 10.1. The van der Waals surface area contributed by atoms with Gasteiger partial charge in [-0.3, -0.25) is 9.62 Å². The van der Waals surface area contributed by atoms with Crippen molar-refractivity contribution in [3.8, 4) is 0 Å². The van der Waals surface area contributed by atoms with E-state index in [4.69, 9.17) is 0 Å². The SMILES string of the molecule is CC1=CN2CN(S(=O)(=O)Nc3c(C)cccc3C(=O)O)N=C2N=C1. The highest BCUT2D eigenvalue weighted by molar-refractivity contribution is 7.90. The van der Waals surface area contributed by atoms with E-state index in [2.05, 4.69) is 14.8 Å². The molecule has 0 fully saturated rings. The van der Waals surface area contributed by atoms with Crippen LogP contribution in [0.25, 0.3) is 0 Å². The number of benzene rings is 1. The van der Waals surface area contributed by atoms with Crippen LogP contribution >= 0.6 is 0 Å². The fourth-order valence-electron chi connectivity index (χ4n) is 2.31. The molecule has 3 rings (SSSR count). The summed E-state index contributed by atoms with van der Waals surface area (Å²) in [5, 5.41) is 13.2. The average molecular weight is 349 g/mol. The van der Waals surface area contributed by atoms with Gasteiger partial charge in [-0.25, -0.2) is 9.79 Å². The maximum atomic E-state index is 12.6. The van der Waals surface area contributed by atoms with Crippen molar-refractivity contribution in [1.29, 1.82) is 0 Å². The van der Waals surface area contributed by atoms with E-state index < -0.39 is 16.2 Å². The summed E-state index contributed by atoms with van der Waals surface area (Å²) in [5.74, 6) is -0.959. The number of carboxylic acid groups (broad SMARTS) is 1. The number of rotatable bonds is 4. The van der Waals surface area contributed by atoms with Gasteiger partial charge in [0.2, 0.25) is 5.96 Å². The fourth-order valence-corrected chi connectivity index (χ4v) is 3.40. The molecule has 0 saturated heterocycles. The van der Waals surface area contributed by atoms with E-state index in [1.165, 1.54) is 6.07 Å². The number of carboxylic acids is 1. The molecule has 2 aliphatic rings. The molecule has 0 radical (unpaired) electrons. The van der Waals surface area contributed by atoms with Gasteiger partial charge in [-0.1, -0.05) is 12.1 Å². The van der Waals surface area contributed by atoms with Crippen LogP contribution in [0.1, 0.15) is 22.8 Å². The topological polar surface area (TPSA) is 115 Å². The van der Waals surface area contributed by atoms with Crippen molar-refractivity contribution >= 4 is 34.0 Å². The van der Waals surface area contributed by atoms with E-state index in [9.17, 15) is 18.3 Å². The summed E-state index contributed by atoms with van der Waals surface area (Å²) in [5.41, 5.74) is 1.26. The van der Waals surface area contributed by atoms with Gasteiger partial charge in [0, 0.05) is 12.4 Å². The van der Waals surface area contributed by atoms with Crippen LogP contribution in [0.2, 0.25) is 0 Å². The van der Waals surface area contributed by atoms with Crippen LogP contribution in [0.15, 0.2) is 40.1 Å². The second-order valence-corrected chi connectivity index (χ2v) is 6.95. The van der Waals surface area contributed by atoms with E-state index in [-0.39, 0.29) is 23.9 Å². The zero-order chi connectivity index (χ0) is 17.5. The van der Waals surface area contributed by atoms with Gasteiger partial charge in [0.15, 0.2) is 0 Å². The normalized spacial score (nSPS) is 16.6. The molecule has 2 heterocycles. The summed E-state index contributed by atoms with van der Waals surface area (Å²) in [6.45, 7) is 3.43. The van der Waals surface area contributed by atoms with Crippen molar-refractivity contribution in [2.75, 3.05) is 11.4 Å². The van der Waals surface area contributed by atoms with E-state index in [1.54, 1.807) is 36.4 Å². The van der Waals surface area contributed by atoms with Gasteiger partial charge in [-0.15, -0.1) is 9.52 Å². The van der Waals surface area contributed by atoms with E-state index >= 15 is 0 Å². The third-order valence-electron chi connectivity index (χ3n) is 3.49. The number of fused-ring (bicyclic) bond motifs is 1. The summed E-state index contributed by atoms with van der Waals surface area (Å²) in [6.07, 6.45) is 3.32. The van der Waals surface area contributed by atoms with Gasteiger partial charge in [0.1, 0.15) is 6.67 Å². The van der Waals surface area contributed by atoms with E-state index in [0.717, 1.165) is 9.99 Å². The number of hydrogen-bond acceptors (Lipinski definition) is 6. The zero-order valence-corrected chi connectivity index (χ0v) is 13.8. The Kier molecular flexibility index (Phi) is 3.76. The minimum Gasteiger partial charge on any atom is -0.478 e. The lowest BCUT2D eigenvalue weighted by molar-refractivity contribution is 0.0698. The predicted molar refractivity (Wildman–Crippen MR) is 88.9 cm³/mol. The largest absolute Gasteiger partial charge is 0.478 e. The van der Waals surface area contributed by atoms with Gasteiger partial charge in [-0.2, -0.15) is 8.42 Å². The Hall–Kier alpha value is -2.88. The summed E-state index contributed by atoms with van der Waals surface area (Å²) in [7, 11) is -4.08. The first kappa shape index (κ1) is 16.0. The molecule has 0 atom stereocenters. The lowest BCUT2D eigenvalue weighted by Crippen LogP contribution is -2.35. The number of hydrazone groups is 1. The van der Waals surface area contributed by atoms with Crippen molar-refractivity contribution in [3.05, 3.63) is 41.1 Å². The van der Waals surface area contributed by atoms with Gasteiger partial charge in [0.25, 0.3) is 0 Å². The first-order chi connectivity index (χ1) is 11.3. The molecule has 0 aliphatic carbocycles. The second kappa shape index (κ2) is 5.64. The smallest absolute Gasteiger partial charge is 0.340 e. The average Bonchev–Trinajstić information content (AvgIpc) is 2.92. The standard InChI is InChI=1S/C14H15N5O4S/c1-9-6-15-14-16-19(8-18(14)7-9)24(22,23)17-12-10(2)4-3-5-11(12)13(20)21/h3-7,17H,8H2,1-2H3,(H,20,21). The minimum absolute atomic E-state index is 0.0188. The van der Waals surface area contributed by atoms with Crippen LogP contribution in [-0.4, -0.2) is 47.7 Å². The zero-order valence-electron chi connectivity index (χ0n) is 13.0. The maximum absolute atomic E-state index is 12.6. The van der Waals surface area contributed by atoms with Crippen LogP contribution in [0.3, 0.4) is 0 Å². The third kappa shape index (κ3) is 2.83. The Balaban J connectivity index is 1.91. The van der Waals surface area contributed by atoms with E-state index in [1.807, 2.05) is 6.92 Å².